The standard InChI is InChI=1S/C27H23Cl2N5O2S/c1-17-16-33(18(2)31-17)26-10-8-21(20-5-4-6-23(13-20)37(3,35)36)14-27(26)34-22(15-30-32-34)11-19-7-9-24(28)25(29)12-19/h4-10,12-16H,11H2,1-3H3. The second-order valence-corrected chi connectivity index (χ2v) is 11.7. The highest BCUT2D eigenvalue weighted by atomic mass is 35.5. The summed E-state index contributed by atoms with van der Waals surface area (Å²) in [5.74, 6) is 0.830. The van der Waals surface area contributed by atoms with Gasteiger partial charge in [-0.1, -0.05) is 52.7 Å². The van der Waals surface area contributed by atoms with Crippen LogP contribution in [0.25, 0.3) is 22.5 Å². The summed E-state index contributed by atoms with van der Waals surface area (Å²) in [7, 11) is -3.35. The summed E-state index contributed by atoms with van der Waals surface area (Å²) in [6, 6.07) is 18.4. The number of hydrogen-bond acceptors (Lipinski definition) is 5. The maximum Gasteiger partial charge on any atom is 0.175 e. The fraction of sp³-hybridized carbons (Fsp3) is 0.148. The first-order valence-electron chi connectivity index (χ1n) is 11.4. The van der Waals surface area contributed by atoms with Gasteiger partial charge in [-0.3, -0.25) is 0 Å². The molecule has 5 rings (SSSR count). The zero-order valence-electron chi connectivity index (χ0n) is 20.4. The van der Waals surface area contributed by atoms with E-state index in [4.69, 9.17) is 23.2 Å². The first kappa shape index (κ1) is 25.2. The molecule has 0 amide bonds. The highest BCUT2D eigenvalue weighted by Crippen LogP contribution is 2.31. The molecule has 0 unspecified atom stereocenters. The molecule has 0 bridgehead atoms. The summed E-state index contributed by atoms with van der Waals surface area (Å²) in [6.07, 6.45) is 5.41. The van der Waals surface area contributed by atoms with Crippen molar-refractivity contribution in [2.24, 2.45) is 0 Å². The van der Waals surface area contributed by atoms with Gasteiger partial charge < -0.3 is 4.57 Å². The van der Waals surface area contributed by atoms with Crippen molar-refractivity contribution in [3.8, 4) is 22.5 Å². The van der Waals surface area contributed by atoms with Crippen LogP contribution in [0.2, 0.25) is 10.0 Å². The van der Waals surface area contributed by atoms with Gasteiger partial charge in [0.1, 0.15) is 5.82 Å². The van der Waals surface area contributed by atoms with Crippen LogP contribution in [0.3, 0.4) is 0 Å². The normalized spacial score (nSPS) is 11.7. The number of sulfone groups is 1. The lowest BCUT2D eigenvalue weighted by Crippen LogP contribution is -2.09. The molecule has 0 saturated heterocycles. The zero-order chi connectivity index (χ0) is 26.3. The van der Waals surface area contributed by atoms with Crippen molar-refractivity contribution < 1.29 is 8.42 Å². The first-order chi connectivity index (χ1) is 17.6. The molecule has 2 heterocycles. The lowest BCUT2D eigenvalue weighted by molar-refractivity contribution is 0.602. The molecule has 0 aliphatic heterocycles. The van der Waals surface area contributed by atoms with Crippen molar-refractivity contribution in [3.63, 3.8) is 0 Å². The topological polar surface area (TPSA) is 82.7 Å². The van der Waals surface area contributed by atoms with Gasteiger partial charge in [0, 0.05) is 18.9 Å². The number of hydrogen-bond donors (Lipinski definition) is 0. The van der Waals surface area contributed by atoms with E-state index in [0.29, 0.717) is 16.5 Å². The Morgan fingerprint density at radius 1 is 0.892 bits per heavy atom. The van der Waals surface area contributed by atoms with Crippen LogP contribution in [-0.2, 0) is 16.3 Å². The van der Waals surface area contributed by atoms with E-state index in [1.165, 1.54) is 6.26 Å². The van der Waals surface area contributed by atoms with Crippen molar-refractivity contribution in [2.45, 2.75) is 25.2 Å². The van der Waals surface area contributed by atoms with Crippen molar-refractivity contribution in [2.75, 3.05) is 6.26 Å². The fourth-order valence-corrected chi connectivity index (χ4v) is 5.27. The highest BCUT2D eigenvalue weighted by molar-refractivity contribution is 7.90. The summed E-state index contributed by atoms with van der Waals surface area (Å²) in [4.78, 5) is 4.82. The number of halogens is 2. The summed E-state index contributed by atoms with van der Waals surface area (Å²) in [6.45, 7) is 3.89. The summed E-state index contributed by atoms with van der Waals surface area (Å²) in [5, 5.41) is 9.59. The summed E-state index contributed by atoms with van der Waals surface area (Å²) >= 11 is 12.3. The van der Waals surface area contributed by atoms with Crippen molar-refractivity contribution >= 4 is 33.0 Å². The second-order valence-electron chi connectivity index (χ2n) is 8.87. The number of aryl methyl sites for hydroxylation is 2. The Hall–Kier alpha value is -3.46. The largest absolute Gasteiger partial charge is 0.302 e. The Kier molecular flexibility index (Phi) is 6.66. The molecule has 37 heavy (non-hydrogen) atoms. The van der Waals surface area contributed by atoms with Crippen molar-refractivity contribution in [1.29, 1.82) is 0 Å². The minimum Gasteiger partial charge on any atom is -0.302 e. The molecule has 5 aromatic rings. The second kappa shape index (κ2) is 9.78. The van der Waals surface area contributed by atoms with Crippen LogP contribution >= 0.6 is 23.2 Å². The number of rotatable bonds is 6. The molecule has 0 radical (unpaired) electrons. The number of aromatic nitrogens is 5. The predicted molar refractivity (Wildman–Crippen MR) is 146 cm³/mol. The smallest absolute Gasteiger partial charge is 0.175 e. The maximum atomic E-state index is 12.2. The van der Waals surface area contributed by atoms with Crippen molar-refractivity contribution in [3.05, 3.63) is 106 Å². The molecule has 188 valence electrons. The molecule has 0 spiro atoms. The average molecular weight is 552 g/mol. The SMILES string of the molecule is Cc1cn(-c2ccc(-c3cccc(S(C)(=O)=O)c3)cc2-n2nncc2Cc2ccc(Cl)c(Cl)c2)c(C)n1. The molecule has 10 heteroatoms. The van der Waals surface area contributed by atoms with E-state index in [2.05, 4.69) is 15.3 Å². The van der Waals surface area contributed by atoms with Crippen LogP contribution in [0.1, 0.15) is 22.8 Å². The molecule has 0 fully saturated rings. The van der Waals surface area contributed by atoms with E-state index in [0.717, 1.165) is 45.3 Å². The molecule has 0 N–H and O–H groups in total. The third-order valence-electron chi connectivity index (χ3n) is 6.05. The number of nitrogens with zero attached hydrogens (tertiary/aromatic N) is 5. The number of benzene rings is 3. The Balaban J connectivity index is 1.67. The van der Waals surface area contributed by atoms with E-state index in [1.54, 1.807) is 35.1 Å². The molecule has 2 aromatic heterocycles. The summed E-state index contributed by atoms with van der Waals surface area (Å²) < 4.78 is 28.1. The van der Waals surface area contributed by atoms with E-state index in [-0.39, 0.29) is 4.90 Å². The van der Waals surface area contributed by atoms with Gasteiger partial charge in [-0.15, -0.1) is 5.10 Å². The first-order valence-corrected chi connectivity index (χ1v) is 14.1. The minimum absolute atomic E-state index is 0.262. The van der Waals surface area contributed by atoms with Crippen LogP contribution < -0.4 is 0 Å². The number of imidazole rings is 1. The van der Waals surface area contributed by atoms with Gasteiger partial charge in [0.25, 0.3) is 0 Å². The zero-order valence-corrected chi connectivity index (χ0v) is 22.7. The highest BCUT2D eigenvalue weighted by Gasteiger charge is 2.17. The van der Waals surface area contributed by atoms with Gasteiger partial charge in [-0.05, 0) is 66.9 Å². The Morgan fingerprint density at radius 2 is 1.68 bits per heavy atom. The van der Waals surface area contributed by atoms with Crippen LogP contribution in [0.4, 0.5) is 0 Å². The van der Waals surface area contributed by atoms with E-state index >= 15 is 0 Å². The molecule has 3 aromatic carbocycles. The van der Waals surface area contributed by atoms with Gasteiger partial charge in [0.05, 0.1) is 43.9 Å². The van der Waals surface area contributed by atoms with E-state index < -0.39 is 9.84 Å². The minimum atomic E-state index is -3.35. The quantitative estimate of drug-likeness (QED) is 0.257. The average Bonchev–Trinajstić information content (AvgIpc) is 3.45. The van der Waals surface area contributed by atoms with Crippen LogP contribution in [0, 0.1) is 13.8 Å². The molecular weight excluding hydrogens is 529 g/mol. The Bertz CT molecular complexity index is 1740. The van der Waals surface area contributed by atoms with Crippen LogP contribution in [-0.4, -0.2) is 39.2 Å². The predicted octanol–water partition coefficient (Wildman–Crippen LogP) is 6.04. The van der Waals surface area contributed by atoms with Gasteiger partial charge in [0.15, 0.2) is 9.84 Å². The van der Waals surface area contributed by atoms with Crippen LogP contribution in [0.5, 0.6) is 0 Å². The molecule has 0 atom stereocenters. The Labute approximate surface area is 225 Å². The molecule has 7 nitrogen and oxygen atoms in total. The third-order valence-corrected chi connectivity index (χ3v) is 7.90. The molecule has 0 aliphatic carbocycles. The van der Waals surface area contributed by atoms with Gasteiger partial charge in [-0.2, -0.15) is 0 Å². The molecule has 0 aliphatic rings. The van der Waals surface area contributed by atoms with Crippen molar-refractivity contribution in [1.82, 2.24) is 24.5 Å². The van der Waals surface area contributed by atoms with E-state index in [9.17, 15) is 8.42 Å². The van der Waals surface area contributed by atoms with Gasteiger partial charge in [-0.25, -0.2) is 18.1 Å². The Morgan fingerprint density at radius 3 is 2.38 bits per heavy atom. The third kappa shape index (κ3) is 5.18. The van der Waals surface area contributed by atoms with Crippen LogP contribution in [0.15, 0.2) is 78.0 Å². The maximum absolute atomic E-state index is 12.2. The molecule has 0 saturated carbocycles. The van der Waals surface area contributed by atoms with Gasteiger partial charge in [0.2, 0.25) is 0 Å². The fourth-order valence-electron chi connectivity index (χ4n) is 4.28. The van der Waals surface area contributed by atoms with E-state index in [1.807, 2.05) is 61.0 Å². The van der Waals surface area contributed by atoms with Gasteiger partial charge >= 0.3 is 0 Å². The lowest BCUT2D eigenvalue weighted by Gasteiger charge is -2.16. The lowest BCUT2D eigenvalue weighted by atomic mass is 10.0. The monoisotopic (exact) mass is 551 g/mol. The molecular formula is C27H23Cl2N5O2S. The summed E-state index contributed by atoms with van der Waals surface area (Å²) in [5.41, 5.74) is 5.96.